The number of halogens is 6. The number of nitrogens with one attached hydrogen (secondary N) is 1. The molecule has 1 N–H and O–H groups in total. The summed E-state index contributed by atoms with van der Waals surface area (Å²) in [6.07, 6.45) is -5.14. The van der Waals surface area contributed by atoms with Gasteiger partial charge in [0.15, 0.2) is 0 Å². The van der Waals surface area contributed by atoms with Gasteiger partial charge in [-0.1, -0.05) is 6.07 Å². The quantitative estimate of drug-likeness (QED) is 0.821. The van der Waals surface area contributed by atoms with Crippen LogP contribution in [0.15, 0.2) is 18.2 Å². The van der Waals surface area contributed by atoms with E-state index in [9.17, 15) is 17.6 Å². The molecule has 0 unspecified atom stereocenters. The third-order valence-electron chi connectivity index (χ3n) is 3.61. The van der Waals surface area contributed by atoms with Crippen molar-refractivity contribution in [3.05, 3.63) is 35.1 Å². The smallest absolute Gasteiger partial charge is 0.314 e. The van der Waals surface area contributed by atoms with E-state index in [4.69, 9.17) is 0 Å². The van der Waals surface area contributed by atoms with Gasteiger partial charge in [-0.15, -0.1) is 24.8 Å². The molecule has 1 aromatic carbocycles. The molecule has 0 spiro atoms. The van der Waals surface area contributed by atoms with Crippen molar-refractivity contribution >= 4 is 24.8 Å². The third kappa shape index (κ3) is 5.91. The van der Waals surface area contributed by atoms with Crippen LogP contribution in [0.2, 0.25) is 0 Å². The molecule has 22 heavy (non-hydrogen) atoms. The molecule has 0 aromatic heterocycles. The van der Waals surface area contributed by atoms with Crippen molar-refractivity contribution in [2.24, 2.45) is 0 Å². The van der Waals surface area contributed by atoms with Crippen molar-refractivity contribution in [3.63, 3.8) is 0 Å². The molecule has 1 aliphatic rings. The van der Waals surface area contributed by atoms with Crippen LogP contribution in [0.4, 0.5) is 17.6 Å². The largest absolute Gasteiger partial charge is 0.390 e. The number of hydrogen-bond donors (Lipinski definition) is 1. The highest BCUT2D eigenvalue weighted by atomic mass is 35.5. The van der Waals surface area contributed by atoms with Gasteiger partial charge in [0, 0.05) is 32.2 Å². The van der Waals surface area contributed by atoms with E-state index in [2.05, 4.69) is 5.32 Å². The zero-order valence-electron chi connectivity index (χ0n) is 12.1. The Morgan fingerprint density at radius 3 is 2.27 bits per heavy atom. The van der Waals surface area contributed by atoms with Gasteiger partial charge >= 0.3 is 6.18 Å². The monoisotopic (exact) mass is 362 g/mol. The van der Waals surface area contributed by atoms with Crippen LogP contribution >= 0.6 is 24.8 Å². The Morgan fingerprint density at radius 2 is 1.77 bits per heavy atom. The summed E-state index contributed by atoms with van der Waals surface area (Å²) >= 11 is 0. The lowest BCUT2D eigenvalue weighted by Crippen LogP contribution is -2.46. The summed E-state index contributed by atoms with van der Waals surface area (Å²) in [4.78, 5) is 1.82. The summed E-state index contributed by atoms with van der Waals surface area (Å²) in [5.41, 5.74) is 1.13. The van der Waals surface area contributed by atoms with E-state index >= 15 is 0 Å². The van der Waals surface area contributed by atoms with Crippen LogP contribution in [0.5, 0.6) is 0 Å². The maximum atomic E-state index is 13.1. The molecule has 1 aromatic rings. The van der Waals surface area contributed by atoms with E-state index in [1.807, 2.05) is 4.90 Å². The second-order valence-electron chi connectivity index (χ2n) is 5.12. The minimum Gasteiger partial charge on any atom is -0.314 e. The first-order valence-electron chi connectivity index (χ1n) is 6.64. The predicted octanol–water partition coefficient (Wildman–Crippen LogP) is 3.88. The van der Waals surface area contributed by atoms with Gasteiger partial charge in [0.2, 0.25) is 0 Å². The molecule has 1 atom stereocenters. The number of rotatable bonds is 3. The fourth-order valence-corrected chi connectivity index (χ4v) is 2.66. The Morgan fingerprint density at radius 1 is 1.18 bits per heavy atom. The summed E-state index contributed by atoms with van der Waals surface area (Å²) < 4.78 is 51.7. The van der Waals surface area contributed by atoms with Crippen molar-refractivity contribution in [1.82, 2.24) is 10.2 Å². The van der Waals surface area contributed by atoms with E-state index in [1.165, 1.54) is 18.2 Å². The fraction of sp³-hybridized carbons (Fsp3) is 0.571. The van der Waals surface area contributed by atoms with Crippen LogP contribution in [0.25, 0.3) is 0 Å². The summed E-state index contributed by atoms with van der Waals surface area (Å²) in [6, 6.07) is 3.26. The zero-order chi connectivity index (χ0) is 14.8. The maximum Gasteiger partial charge on any atom is 0.390 e. The molecule has 128 valence electrons. The van der Waals surface area contributed by atoms with Crippen molar-refractivity contribution < 1.29 is 17.6 Å². The normalized spacial score (nSPS) is 17.3. The first kappa shape index (κ1) is 21.4. The van der Waals surface area contributed by atoms with Crippen molar-refractivity contribution in [1.29, 1.82) is 0 Å². The van der Waals surface area contributed by atoms with Crippen molar-refractivity contribution in [3.8, 4) is 0 Å². The average Bonchev–Trinajstić information content (AvgIpc) is 2.36. The molecule has 0 aliphatic carbocycles. The zero-order valence-corrected chi connectivity index (χ0v) is 13.8. The first-order valence-corrected chi connectivity index (χ1v) is 6.64. The number of benzene rings is 1. The van der Waals surface area contributed by atoms with Crippen molar-refractivity contribution in [2.45, 2.75) is 25.6 Å². The van der Waals surface area contributed by atoms with Gasteiger partial charge in [0.25, 0.3) is 0 Å². The summed E-state index contributed by atoms with van der Waals surface area (Å²) in [7, 11) is 0. The fourth-order valence-electron chi connectivity index (χ4n) is 2.66. The summed E-state index contributed by atoms with van der Waals surface area (Å²) in [5.74, 6) is -0.419. The second kappa shape index (κ2) is 8.91. The molecular formula is C14H20Cl2F4N2. The molecule has 1 heterocycles. The van der Waals surface area contributed by atoms with E-state index in [0.717, 1.165) is 0 Å². The lowest BCUT2D eigenvalue weighted by atomic mass is 9.96. The maximum absolute atomic E-state index is 13.1. The molecule has 2 rings (SSSR count). The number of hydrogen-bond acceptors (Lipinski definition) is 2. The van der Waals surface area contributed by atoms with Crippen LogP contribution in [0, 0.1) is 12.7 Å². The lowest BCUT2D eigenvalue weighted by Gasteiger charge is -2.36. The molecule has 1 fully saturated rings. The SMILES string of the molecule is Cc1cc(F)ccc1[C@H](CC(F)(F)F)N1CCNCC1.Cl.Cl. The molecule has 2 nitrogen and oxygen atoms in total. The molecule has 1 saturated heterocycles. The van der Waals surface area contributed by atoms with Gasteiger partial charge in [-0.25, -0.2) is 4.39 Å². The molecule has 0 saturated carbocycles. The topological polar surface area (TPSA) is 15.3 Å². The Kier molecular flexibility index (Phi) is 8.69. The van der Waals surface area contributed by atoms with Gasteiger partial charge < -0.3 is 5.32 Å². The number of alkyl halides is 3. The Bertz CT molecular complexity index is 463. The van der Waals surface area contributed by atoms with Crippen LogP contribution in [-0.4, -0.2) is 37.3 Å². The molecule has 0 amide bonds. The third-order valence-corrected chi connectivity index (χ3v) is 3.61. The van der Waals surface area contributed by atoms with Gasteiger partial charge in [0.1, 0.15) is 5.82 Å². The van der Waals surface area contributed by atoms with E-state index in [-0.39, 0.29) is 24.8 Å². The molecule has 8 heteroatoms. The van der Waals surface area contributed by atoms with Crippen LogP contribution < -0.4 is 5.32 Å². The Hall–Kier alpha value is -0.560. The van der Waals surface area contributed by atoms with E-state index < -0.39 is 24.5 Å². The minimum atomic E-state index is -4.24. The lowest BCUT2D eigenvalue weighted by molar-refractivity contribution is -0.148. The van der Waals surface area contributed by atoms with Crippen LogP contribution in [-0.2, 0) is 0 Å². The highest BCUT2D eigenvalue weighted by molar-refractivity contribution is 5.85. The van der Waals surface area contributed by atoms with Crippen LogP contribution in [0.1, 0.15) is 23.6 Å². The number of aryl methyl sites for hydroxylation is 1. The Labute approximate surface area is 140 Å². The standard InChI is InChI=1S/C14H18F4N2.2ClH/c1-10-8-11(15)2-3-12(10)13(9-14(16,17)18)20-6-4-19-5-7-20;;/h2-3,8,13,19H,4-7,9H2,1H3;2*1H/t13-;;/m0../s1. The second-order valence-corrected chi connectivity index (χ2v) is 5.12. The highest BCUT2D eigenvalue weighted by Crippen LogP contribution is 2.35. The number of piperazine rings is 1. The van der Waals surface area contributed by atoms with Gasteiger partial charge in [-0.2, -0.15) is 13.2 Å². The predicted molar refractivity (Wildman–Crippen MR) is 83.5 cm³/mol. The summed E-state index contributed by atoms with van der Waals surface area (Å²) in [5, 5.41) is 3.12. The highest BCUT2D eigenvalue weighted by Gasteiger charge is 2.36. The first-order chi connectivity index (χ1) is 9.37. The van der Waals surface area contributed by atoms with E-state index in [1.54, 1.807) is 6.92 Å². The van der Waals surface area contributed by atoms with Gasteiger partial charge in [0.05, 0.1) is 6.42 Å². The number of nitrogens with zero attached hydrogens (tertiary/aromatic N) is 1. The van der Waals surface area contributed by atoms with Gasteiger partial charge in [-0.05, 0) is 30.2 Å². The molecule has 1 aliphatic heterocycles. The summed E-state index contributed by atoms with van der Waals surface area (Å²) in [6.45, 7) is 4.14. The van der Waals surface area contributed by atoms with Gasteiger partial charge in [-0.3, -0.25) is 4.90 Å². The van der Waals surface area contributed by atoms with Crippen molar-refractivity contribution in [2.75, 3.05) is 26.2 Å². The Balaban J connectivity index is 0.00000220. The molecule has 0 radical (unpaired) electrons. The van der Waals surface area contributed by atoms with Crippen LogP contribution in [0.3, 0.4) is 0 Å². The van der Waals surface area contributed by atoms with E-state index in [0.29, 0.717) is 37.3 Å². The minimum absolute atomic E-state index is 0. The average molecular weight is 363 g/mol. The molecule has 0 bridgehead atoms. The molecular weight excluding hydrogens is 343 g/mol.